The first-order valence-electron chi connectivity index (χ1n) is 8.92. The van der Waals surface area contributed by atoms with Crippen LogP contribution in [-0.2, 0) is 6.42 Å². The van der Waals surface area contributed by atoms with Crippen molar-refractivity contribution in [3.8, 4) is 11.1 Å². The van der Waals surface area contributed by atoms with E-state index < -0.39 is 0 Å². The molecule has 2 heterocycles. The molecular formula is C21H23N3O. The third-order valence-corrected chi connectivity index (χ3v) is 5.12. The molecule has 0 radical (unpaired) electrons. The Bertz CT molecular complexity index is 861. The molecule has 0 amide bonds. The molecule has 0 spiro atoms. The van der Waals surface area contributed by atoms with E-state index in [2.05, 4.69) is 34.7 Å². The highest BCUT2D eigenvalue weighted by atomic mass is 16.1. The fourth-order valence-corrected chi connectivity index (χ4v) is 3.76. The van der Waals surface area contributed by atoms with Crippen molar-refractivity contribution in [1.29, 1.82) is 0 Å². The van der Waals surface area contributed by atoms with Crippen molar-refractivity contribution in [2.45, 2.75) is 18.9 Å². The van der Waals surface area contributed by atoms with E-state index in [4.69, 9.17) is 0 Å². The van der Waals surface area contributed by atoms with Gasteiger partial charge in [-0.2, -0.15) is 0 Å². The Kier molecular flexibility index (Phi) is 4.53. The summed E-state index contributed by atoms with van der Waals surface area (Å²) >= 11 is 0. The zero-order chi connectivity index (χ0) is 17.1. The number of aromatic nitrogens is 2. The Hall–Kier alpha value is -2.59. The molecule has 4 heteroatoms. The van der Waals surface area contributed by atoms with E-state index >= 15 is 0 Å². The van der Waals surface area contributed by atoms with Crippen LogP contribution in [0.2, 0.25) is 0 Å². The van der Waals surface area contributed by atoms with Crippen LogP contribution in [0.1, 0.15) is 18.0 Å². The molecule has 25 heavy (non-hydrogen) atoms. The van der Waals surface area contributed by atoms with E-state index in [1.165, 1.54) is 5.56 Å². The maximum Gasteiger partial charge on any atom is 0.271 e. The summed E-state index contributed by atoms with van der Waals surface area (Å²) in [6, 6.07) is 20.6. The Morgan fingerprint density at radius 2 is 1.76 bits per heavy atom. The predicted molar refractivity (Wildman–Crippen MR) is 101 cm³/mol. The molecular weight excluding hydrogens is 310 g/mol. The molecule has 128 valence electrons. The predicted octanol–water partition coefficient (Wildman–Crippen LogP) is 3.24. The van der Waals surface area contributed by atoms with Gasteiger partial charge in [-0.15, -0.1) is 0 Å². The number of rotatable bonds is 5. The smallest absolute Gasteiger partial charge is 0.271 e. The molecule has 0 saturated carbocycles. The first-order valence-corrected chi connectivity index (χ1v) is 8.92. The molecule has 3 aromatic rings. The Balaban J connectivity index is 1.69. The fourth-order valence-electron chi connectivity index (χ4n) is 3.76. The van der Waals surface area contributed by atoms with Gasteiger partial charge in [0.25, 0.3) is 5.56 Å². The standard InChI is InChI=1S/C21H23N3O/c25-21-19(17-9-5-2-6-10-17)15-24(23-21)20(18-11-12-22-14-18)13-16-7-3-1-4-8-16/h1-10,15,18,20,22H,11-14H2,(H,23,25). The van der Waals surface area contributed by atoms with E-state index in [0.717, 1.165) is 37.1 Å². The highest BCUT2D eigenvalue weighted by Crippen LogP contribution is 2.28. The van der Waals surface area contributed by atoms with Crippen LogP contribution in [0.5, 0.6) is 0 Å². The first kappa shape index (κ1) is 15.9. The van der Waals surface area contributed by atoms with Crippen LogP contribution in [-0.4, -0.2) is 22.9 Å². The summed E-state index contributed by atoms with van der Waals surface area (Å²) in [5, 5.41) is 6.53. The van der Waals surface area contributed by atoms with Crippen molar-refractivity contribution >= 4 is 0 Å². The molecule has 1 aliphatic rings. The van der Waals surface area contributed by atoms with Crippen LogP contribution in [0.15, 0.2) is 71.7 Å². The number of aromatic amines is 1. The molecule has 2 aromatic carbocycles. The average molecular weight is 333 g/mol. The number of hydrogen-bond acceptors (Lipinski definition) is 2. The summed E-state index contributed by atoms with van der Waals surface area (Å²) in [5.74, 6) is 0.520. The highest BCUT2D eigenvalue weighted by Gasteiger charge is 2.27. The van der Waals surface area contributed by atoms with Gasteiger partial charge in [-0.05, 0) is 36.4 Å². The topological polar surface area (TPSA) is 49.8 Å². The largest absolute Gasteiger partial charge is 0.316 e. The fraction of sp³-hybridized carbons (Fsp3) is 0.286. The maximum absolute atomic E-state index is 12.5. The highest BCUT2D eigenvalue weighted by molar-refractivity contribution is 5.61. The van der Waals surface area contributed by atoms with Gasteiger partial charge in [0.2, 0.25) is 0 Å². The molecule has 2 N–H and O–H groups in total. The van der Waals surface area contributed by atoms with Crippen LogP contribution in [0.25, 0.3) is 11.1 Å². The molecule has 0 bridgehead atoms. The van der Waals surface area contributed by atoms with Gasteiger partial charge in [0.05, 0.1) is 11.6 Å². The van der Waals surface area contributed by atoms with E-state index in [9.17, 15) is 4.79 Å². The van der Waals surface area contributed by atoms with Gasteiger partial charge in [-0.1, -0.05) is 60.7 Å². The van der Waals surface area contributed by atoms with E-state index in [1.807, 2.05) is 47.3 Å². The zero-order valence-corrected chi connectivity index (χ0v) is 14.2. The third kappa shape index (κ3) is 3.44. The lowest BCUT2D eigenvalue weighted by molar-refractivity contribution is 0.321. The third-order valence-electron chi connectivity index (χ3n) is 5.12. The second-order valence-electron chi connectivity index (χ2n) is 6.77. The second-order valence-corrected chi connectivity index (χ2v) is 6.77. The molecule has 1 aliphatic heterocycles. The van der Waals surface area contributed by atoms with Crippen LogP contribution < -0.4 is 10.9 Å². The Morgan fingerprint density at radius 1 is 1.04 bits per heavy atom. The SMILES string of the molecule is O=c1[nH]n(C(Cc2ccccc2)C2CCNC2)cc1-c1ccccc1. The number of nitrogens with one attached hydrogen (secondary N) is 2. The van der Waals surface area contributed by atoms with Gasteiger partial charge >= 0.3 is 0 Å². The number of hydrogen-bond donors (Lipinski definition) is 2. The van der Waals surface area contributed by atoms with Crippen LogP contribution in [0.4, 0.5) is 0 Å². The van der Waals surface area contributed by atoms with Crippen molar-refractivity contribution in [3.05, 3.63) is 82.8 Å². The van der Waals surface area contributed by atoms with Gasteiger partial charge in [0.1, 0.15) is 0 Å². The van der Waals surface area contributed by atoms with Crippen LogP contribution in [0, 0.1) is 5.92 Å². The lowest BCUT2D eigenvalue weighted by atomic mass is 9.93. The lowest BCUT2D eigenvalue weighted by Crippen LogP contribution is -2.25. The molecule has 4 rings (SSSR count). The minimum absolute atomic E-state index is 0.0183. The van der Waals surface area contributed by atoms with E-state index in [-0.39, 0.29) is 11.6 Å². The van der Waals surface area contributed by atoms with Crippen molar-refractivity contribution in [2.24, 2.45) is 5.92 Å². The van der Waals surface area contributed by atoms with Gasteiger partial charge in [0.15, 0.2) is 0 Å². The number of H-pyrrole nitrogens is 1. The maximum atomic E-state index is 12.5. The van der Waals surface area contributed by atoms with Gasteiger partial charge in [-0.25, -0.2) is 0 Å². The van der Waals surface area contributed by atoms with Gasteiger partial charge in [-0.3, -0.25) is 14.6 Å². The summed E-state index contributed by atoms with van der Waals surface area (Å²) in [7, 11) is 0. The molecule has 0 aliphatic carbocycles. The van der Waals surface area contributed by atoms with Crippen molar-refractivity contribution in [2.75, 3.05) is 13.1 Å². The molecule has 1 aromatic heterocycles. The van der Waals surface area contributed by atoms with E-state index in [1.54, 1.807) is 0 Å². The first-order chi connectivity index (χ1) is 12.3. The Morgan fingerprint density at radius 3 is 2.44 bits per heavy atom. The van der Waals surface area contributed by atoms with Crippen LogP contribution in [0.3, 0.4) is 0 Å². The average Bonchev–Trinajstić information content (AvgIpc) is 3.31. The quantitative estimate of drug-likeness (QED) is 0.753. The van der Waals surface area contributed by atoms with Gasteiger partial charge in [0, 0.05) is 12.7 Å². The summed E-state index contributed by atoms with van der Waals surface area (Å²) in [5.41, 5.74) is 2.99. The van der Waals surface area contributed by atoms with E-state index in [0.29, 0.717) is 5.92 Å². The minimum atomic E-state index is -0.0183. The summed E-state index contributed by atoms with van der Waals surface area (Å²) in [6.45, 7) is 2.05. The molecule has 2 unspecified atom stereocenters. The number of benzene rings is 2. The normalized spacial score (nSPS) is 18.3. The Labute approximate surface area is 147 Å². The summed E-state index contributed by atoms with van der Waals surface area (Å²) < 4.78 is 2.04. The van der Waals surface area contributed by atoms with Crippen LogP contribution >= 0.6 is 0 Å². The molecule has 2 atom stereocenters. The molecule has 1 fully saturated rings. The van der Waals surface area contributed by atoms with Crippen molar-refractivity contribution in [1.82, 2.24) is 15.1 Å². The van der Waals surface area contributed by atoms with Crippen molar-refractivity contribution in [3.63, 3.8) is 0 Å². The molecule has 4 nitrogen and oxygen atoms in total. The monoisotopic (exact) mass is 333 g/mol. The minimum Gasteiger partial charge on any atom is -0.316 e. The summed E-state index contributed by atoms with van der Waals surface area (Å²) in [4.78, 5) is 12.5. The zero-order valence-electron chi connectivity index (χ0n) is 14.2. The second kappa shape index (κ2) is 7.11. The lowest BCUT2D eigenvalue weighted by Gasteiger charge is -2.24. The number of nitrogens with zero attached hydrogens (tertiary/aromatic N) is 1. The molecule has 1 saturated heterocycles. The summed E-state index contributed by atoms with van der Waals surface area (Å²) in [6.07, 6.45) is 4.05. The van der Waals surface area contributed by atoms with Crippen molar-refractivity contribution < 1.29 is 0 Å². The van der Waals surface area contributed by atoms with Gasteiger partial charge < -0.3 is 5.32 Å².